The molecule has 0 saturated carbocycles. The highest BCUT2D eigenvalue weighted by Gasteiger charge is 2.16. The molecule has 0 aliphatic rings. The van der Waals surface area contributed by atoms with E-state index < -0.39 is 0 Å². The van der Waals surface area contributed by atoms with Gasteiger partial charge in [-0.1, -0.05) is 6.07 Å². The van der Waals surface area contributed by atoms with Crippen LogP contribution in [0.5, 0.6) is 0 Å². The average Bonchev–Trinajstić information content (AvgIpc) is 3.16. The summed E-state index contributed by atoms with van der Waals surface area (Å²) in [5, 5.41) is 7.09. The molecule has 3 aromatic rings. The number of hydrogen-bond acceptors (Lipinski definition) is 4. The monoisotopic (exact) mass is 310 g/mol. The first-order valence-electron chi connectivity index (χ1n) is 7.34. The van der Waals surface area contributed by atoms with Gasteiger partial charge in [-0.25, -0.2) is 14.6 Å². The Morgan fingerprint density at radius 2 is 2.17 bits per heavy atom. The van der Waals surface area contributed by atoms with E-state index in [0.717, 1.165) is 17.2 Å². The normalized spacial score (nSPS) is 12.1. The third kappa shape index (κ3) is 3.13. The molecule has 3 aromatic heterocycles. The number of rotatable bonds is 4. The number of imidazole rings is 1. The molecule has 0 radical (unpaired) electrons. The van der Waals surface area contributed by atoms with E-state index in [2.05, 4.69) is 25.4 Å². The Labute approximate surface area is 133 Å². The van der Waals surface area contributed by atoms with Crippen molar-refractivity contribution in [1.82, 2.24) is 30.0 Å². The average molecular weight is 310 g/mol. The summed E-state index contributed by atoms with van der Waals surface area (Å²) in [6.45, 7) is 5.77. The number of aryl methyl sites for hydroxylation is 2. The lowest BCUT2D eigenvalue weighted by Gasteiger charge is -2.10. The number of hydrogen-bond donors (Lipinski definition) is 2. The smallest absolute Gasteiger partial charge is 0.255 e. The zero-order valence-corrected chi connectivity index (χ0v) is 13.2. The summed E-state index contributed by atoms with van der Waals surface area (Å²) in [4.78, 5) is 24.1. The number of nitrogens with one attached hydrogen (secondary N) is 2. The highest BCUT2D eigenvalue weighted by molar-refractivity contribution is 5.93. The summed E-state index contributed by atoms with van der Waals surface area (Å²) >= 11 is 0. The fraction of sp³-hybridized carbons (Fsp3) is 0.250. The number of carbonyl (C=O) groups excluding carboxylic acids is 1. The highest BCUT2D eigenvalue weighted by Crippen LogP contribution is 2.12. The van der Waals surface area contributed by atoms with Crippen LogP contribution in [0, 0.1) is 13.8 Å². The van der Waals surface area contributed by atoms with E-state index in [1.807, 2.05) is 39.0 Å². The minimum Gasteiger partial charge on any atom is -0.344 e. The van der Waals surface area contributed by atoms with Gasteiger partial charge in [0.1, 0.15) is 5.82 Å². The largest absolute Gasteiger partial charge is 0.344 e. The summed E-state index contributed by atoms with van der Waals surface area (Å²) in [5.74, 6) is 1.20. The van der Waals surface area contributed by atoms with Crippen molar-refractivity contribution in [2.24, 2.45) is 0 Å². The Kier molecular flexibility index (Phi) is 3.92. The van der Waals surface area contributed by atoms with Crippen molar-refractivity contribution in [3.8, 4) is 5.82 Å². The lowest BCUT2D eigenvalue weighted by molar-refractivity contribution is 0.0938. The summed E-state index contributed by atoms with van der Waals surface area (Å²) in [6, 6.07) is 5.31. The standard InChI is InChI=1S/C16H18N6O/c1-10-11(2)20-15(19-10)12(3)21-16(23)13-8-18-22(9-13)14-6-4-5-7-17-14/h4-9,12H,1-3H3,(H,19,20)(H,21,23). The number of amides is 1. The highest BCUT2D eigenvalue weighted by atomic mass is 16.1. The first-order chi connectivity index (χ1) is 11.0. The topological polar surface area (TPSA) is 88.5 Å². The molecule has 23 heavy (non-hydrogen) atoms. The van der Waals surface area contributed by atoms with Crippen LogP contribution in [0.4, 0.5) is 0 Å². The summed E-state index contributed by atoms with van der Waals surface area (Å²) in [5.41, 5.74) is 2.41. The van der Waals surface area contributed by atoms with Crippen LogP contribution in [0.2, 0.25) is 0 Å². The maximum Gasteiger partial charge on any atom is 0.255 e. The molecule has 0 fully saturated rings. The summed E-state index contributed by atoms with van der Waals surface area (Å²) < 4.78 is 1.57. The predicted molar refractivity (Wildman–Crippen MR) is 85.3 cm³/mol. The molecular weight excluding hydrogens is 292 g/mol. The van der Waals surface area contributed by atoms with Crippen LogP contribution in [-0.2, 0) is 0 Å². The molecular formula is C16H18N6O. The molecule has 0 aliphatic carbocycles. The molecule has 118 valence electrons. The van der Waals surface area contributed by atoms with Crippen molar-refractivity contribution < 1.29 is 4.79 Å². The molecule has 3 rings (SSSR count). The number of nitrogens with zero attached hydrogens (tertiary/aromatic N) is 4. The zero-order valence-electron chi connectivity index (χ0n) is 13.2. The van der Waals surface area contributed by atoms with Gasteiger partial charge in [-0.15, -0.1) is 0 Å². The molecule has 3 heterocycles. The molecule has 0 aromatic carbocycles. The van der Waals surface area contributed by atoms with E-state index in [-0.39, 0.29) is 11.9 Å². The van der Waals surface area contributed by atoms with Crippen LogP contribution in [0.1, 0.15) is 40.5 Å². The van der Waals surface area contributed by atoms with Crippen molar-refractivity contribution in [3.05, 3.63) is 59.6 Å². The maximum absolute atomic E-state index is 12.3. The van der Waals surface area contributed by atoms with Crippen molar-refractivity contribution in [1.29, 1.82) is 0 Å². The van der Waals surface area contributed by atoms with Gasteiger partial charge in [0, 0.05) is 18.1 Å². The first kappa shape index (κ1) is 15.0. The second-order valence-electron chi connectivity index (χ2n) is 5.39. The van der Waals surface area contributed by atoms with Crippen LogP contribution in [-0.4, -0.2) is 30.6 Å². The molecule has 7 nitrogen and oxygen atoms in total. The molecule has 0 saturated heterocycles. The maximum atomic E-state index is 12.3. The van der Waals surface area contributed by atoms with E-state index in [9.17, 15) is 4.79 Å². The van der Waals surface area contributed by atoms with Gasteiger partial charge < -0.3 is 10.3 Å². The van der Waals surface area contributed by atoms with E-state index in [1.165, 1.54) is 6.20 Å². The van der Waals surface area contributed by atoms with Crippen molar-refractivity contribution >= 4 is 5.91 Å². The third-order valence-electron chi connectivity index (χ3n) is 3.63. The van der Waals surface area contributed by atoms with E-state index in [1.54, 1.807) is 17.1 Å². The zero-order chi connectivity index (χ0) is 16.4. The Hall–Kier alpha value is -2.96. The predicted octanol–water partition coefficient (Wildman–Crippen LogP) is 2.10. The van der Waals surface area contributed by atoms with Crippen LogP contribution >= 0.6 is 0 Å². The summed E-state index contributed by atoms with van der Waals surface area (Å²) in [7, 11) is 0. The van der Waals surface area contributed by atoms with Crippen molar-refractivity contribution in [2.45, 2.75) is 26.8 Å². The van der Waals surface area contributed by atoms with Crippen molar-refractivity contribution in [2.75, 3.05) is 0 Å². The fourth-order valence-electron chi connectivity index (χ4n) is 2.18. The minimum atomic E-state index is -0.215. The van der Waals surface area contributed by atoms with Gasteiger partial charge in [0.2, 0.25) is 0 Å². The number of aromatic nitrogens is 5. The Bertz CT molecular complexity index is 801. The first-order valence-corrected chi connectivity index (χ1v) is 7.34. The van der Waals surface area contributed by atoms with Crippen LogP contribution in [0.3, 0.4) is 0 Å². The Morgan fingerprint density at radius 3 is 2.83 bits per heavy atom. The van der Waals surface area contributed by atoms with Crippen LogP contribution in [0.15, 0.2) is 36.8 Å². The number of aromatic amines is 1. The fourth-order valence-corrected chi connectivity index (χ4v) is 2.18. The lowest BCUT2D eigenvalue weighted by Crippen LogP contribution is -2.27. The SMILES string of the molecule is Cc1nc(C(C)NC(=O)c2cnn(-c3ccccn3)c2)[nH]c1C. The Balaban J connectivity index is 1.72. The van der Waals surface area contributed by atoms with Gasteiger partial charge in [-0.05, 0) is 32.9 Å². The minimum absolute atomic E-state index is 0.202. The molecule has 2 N–H and O–H groups in total. The van der Waals surface area contributed by atoms with Gasteiger partial charge in [0.15, 0.2) is 5.82 Å². The third-order valence-corrected chi connectivity index (χ3v) is 3.63. The second-order valence-corrected chi connectivity index (χ2v) is 5.39. The molecule has 0 spiro atoms. The number of carbonyl (C=O) groups is 1. The quantitative estimate of drug-likeness (QED) is 0.772. The van der Waals surface area contributed by atoms with Gasteiger partial charge in [0.25, 0.3) is 5.91 Å². The molecule has 1 amide bonds. The van der Waals surface area contributed by atoms with Crippen LogP contribution < -0.4 is 5.32 Å². The number of H-pyrrole nitrogens is 1. The molecule has 0 aliphatic heterocycles. The molecule has 1 unspecified atom stereocenters. The summed E-state index contributed by atoms with van der Waals surface area (Å²) in [6.07, 6.45) is 4.86. The molecule has 0 bridgehead atoms. The van der Waals surface area contributed by atoms with E-state index in [4.69, 9.17) is 0 Å². The lowest BCUT2D eigenvalue weighted by atomic mass is 10.2. The van der Waals surface area contributed by atoms with E-state index in [0.29, 0.717) is 11.4 Å². The van der Waals surface area contributed by atoms with Gasteiger partial charge in [-0.2, -0.15) is 5.10 Å². The van der Waals surface area contributed by atoms with Crippen LogP contribution in [0.25, 0.3) is 5.82 Å². The van der Waals surface area contributed by atoms with Crippen molar-refractivity contribution in [3.63, 3.8) is 0 Å². The van der Waals surface area contributed by atoms with E-state index >= 15 is 0 Å². The molecule has 1 atom stereocenters. The Morgan fingerprint density at radius 1 is 1.35 bits per heavy atom. The van der Waals surface area contributed by atoms with Gasteiger partial charge in [-0.3, -0.25) is 4.79 Å². The number of pyridine rings is 1. The van der Waals surface area contributed by atoms with Gasteiger partial charge in [0.05, 0.1) is 23.5 Å². The molecule has 7 heteroatoms. The van der Waals surface area contributed by atoms with Gasteiger partial charge >= 0.3 is 0 Å². The second kappa shape index (κ2) is 6.04.